The van der Waals surface area contributed by atoms with E-state index >= 15 is 0 Å². The highest BCUT2D eigenvalue weighted by atomic mass is 32.2. The van der Waals surface area contributed by atoms with Gasteiger partial charge in [-0.2, -0.15) is 4.72 Å². The molecule has 6 nitrogen and oxygen atoms in total. The Kier molecular flexibility index (Phi) is 5.55. The Morgan fingerprint density at radius 2 is 1.73 bits per heavy atom. The van der Waals surface area contributed by atoms with Gasteiger partial charge in [0.05, 0.1) is 18.1 Å². The lowest BCUT2D eigenvalue weighted by Crippen LogP contribution is -2.30. The van der Waals surface area contributed by atoms with Crippen LogP contribution >= 0.6 is 0 Å². The van der Waals surface area contributed by atoms with Crippen LogP contribution in [0.1, 0.15) is 29.3 Å². The molecular weight excluding hydrogens is 445 g/mol. The largest absolute Gasteiger partial charge is 0.490 e. The van der Waals surface area contributed by atoms with E-state index in [4.69, 9.17) is 13.9 Å². The van der Waals surface area contributed by atoms with Crippen molar-refractivity contribution in [2.24, 2.45) is 0 Å². The molecule has 0 radical (unpaired) electrons. The number of hydrogen-bond donors (Lipinski definition) is 1. The van der Waals surface area contributed by atoms with Crippen molar-refractivity contribution in [1.29, 1.82) is 0 Å². The van der Waals surface area contributed by atoms with E-state index in [1.807, 2.05) is 18.2 Å². The zero-order chi connectivity index (χ0) is 23.0. The highest BCUT2D eigenvalue weighted by molar-refractivity contribution is 7.89. The van der Waals surface area contributed by atoms with E-state index < -0.39 is 21.9 Å². The number of rotatable bonds is 5. The number of fused-ring (bicyclic) bond motifs is 2. The quantitative estimate of drug-likeness (QED) is 0.441. The first-order valence-electron chi connectivity index (χ1n) is 10.6. The summed E-state index contributed by atoms with van der Waals surface area (Å²) in [6.45, 7) is 2.74. The van der Waals surface area contributed by atoms with Crippen molar-refractivity contribution in [3.05, 3.63) is 89.4 Å². The van der Waals surface area contributed by atoms with Crippen LogP contribution in [0.2, 0.25) is 0 Å². The van der Waals surface area contributed by atoms with E-state index in [-0.39, 0.29) is 4.90 Å². The smallest absolute Gasteiger partial charge is 0.241 e. The molecule has 0 fully saturated rings. The van der Waals surface area contributed by atoms with E-state index in [9.17, 15) is 12.8 Å². The average molecular weight is 468 g/mol. The van der Waals surface area contributed by atoms with Crippen LogP contribution in [0.4, 0.5) is 4.39 Å². The molecule has 4 aromatic rings. The van der Waals surface area contributed by atoms with E-state index in [1.165, 1.54) is 24.3 Å². The summed E-state index contributed by atoms with van der Waals surface area (Å²) < 4.78 is 61.0. The molecule has 33 heavy (non-hydrogen) atoms. The molecule has 2 heterocycles. The van der Waals surface area contributed by atoms with Crippen molar-refractivity contribution < 1.29 is 26.7 Å². The van der Waals surface area contributed by atoms with E-state index in [1.54, 1.807) is 31.2 Å². The number of para-hydroxylation sites is 1. The minimum Gasteiger partial charge on any atom is -0.490 e. The molecule has 0 aliphatic carbocycles. The summed E-state index contributed by atoms with van der Waals surface area (Å²) in [7, 11) is -4.04. The third-order valence-corrected chi connectivity index (χ3v) is 7.00. The number of furan rings is 1. The van der Waals surface area contributed by atoms with Gasteiger partial charge in [-0.05, 0) is 54.4 Å². The number of halogens is 1. The second-order valence-electron chi connectivity index (χ2n) is 7.90. The fraction of sp³-hybridized carbons (Fsp3) is 0.200. The van der Waals surface area contributed by atoms with Crippen LogP contribution in [0.25, 0.3) is 11.0 Å². The van der Waals surface area contributed by atoms with E-state index in [0.29, 0.717) is 48.0 Å². The topological polar surface area (TPSA) is 77.8 Å². The van der Waals surface area contributed by atoms with Gasteiger partial charge in [0.15, 0.2) is 11.5 Å². The van der Waals surface area contributed by atoms with Gasteiger partial charge < -0.3 is 13.9 Å². The summed E-state index contributed by atoms with van der Waals surface area (Å²) in [6.07, 6.45) is 0.710. The maximum Gasteiger partial charge on any atom is 0.241 e. The molecule has 0 amide bonds. The lowest BCUT2D eigenvalue weighted by atomic mass is 10.00. The number of nitrogens with one attached hydrogen (secondary N) is 1. The molecule has 1 aliphatic heterocycles. The molecule has 5 rings (SSSR count). The van der Waals surface area contributed by atoms with Crippen LogP contribution in [0, 0.1) is 12.7 Å². The Bertz CT molecular complexity index is 1400. The SMILES string of the molecule is Cc1ccc(F)cc1C(NS(=O)(=O)c1ccc2c(c1)OCCCO2)c1cc2ccccc2o1. The molecule has 0 bridgehead atoms. The first kappa shape index (κ1) is 21.5. The fourth-order valence-electron chi connectivity index (χ4n) is 3.88. The molecule has 0 saturated carbocycles. The molecule has 170 valence electrons. The molecule has 1 aromatic heterocycles. The second-order valence-corrected chi connectivity index (χ2v) is 9.61. The zero-order valence-electron chi connectivity index (χ0n) is 17.9. The van der Waals surface area contributed by atoms with Crippen molar-refractivity contribution >= 4 is 21.0 Å². The van der Waals surface area contributed by atoms with Crippen molar-refractivity contribution in [3.63, 3.8) is 0 Å². The molecule has 1 aliphatic rings. The standard InChI is InChI=1S/C25H22FNO5S/c1-16-7-8-18(26)14-20(16)25(24-13-17-5-2-3-6-21(17)32-24)27-33(28,29)19-9-10-22-23(15-19)31-12-4-11-30-22/h2-3,5-10,13-15,25,27H,4,11-12H2,1H3. The van der Waals surface area contributed by atoms with Crippen LogP contribution in [-0.4, -0.2) is 21.6 Å². The number of hydrogen-bond acceptors (Lipinski definition) is 5. The van der Waals surface area contributed by atoms with Crippen molar-refractivity contribution in [2.45, 2.75) is 24.3 Å². The monoisotopic (exact) mass is 467 g/mol. The van der Waals surface area contributed by atoms with Crippen molar-refractivity contribution in [2.75, 3.05) is 13.2 Å². The lowest BCUT2D eigenvalue weighted by Gasteiger charge is -2.20. The van der Waals surface area contributed by atoms with Crippen LogP contribution in [0.3, 0.4) is 0 Å². The molecule has 0 saturated heterocycles. The predicted octanol–water partition coefficient (Wildman–Crippen LogP) is 5.11. The summed E-state index contributed by atoms with van der Waals surface area (Å²) in [5, 5.41) is 0.821. The van der Waals surface area contributed by atoms with E-state index in [2.05, 4.69) is 4.72 Å². The molecule has 1 atom stereocenters. The van der Waals surface area contributed by atoms with Gasteiger partial charge in [0.1, 0.15) is 23.2 Å². The molecule has 1 N–H and O–H groups in total. The number of ether oxygens (including phenoxy) is 2. The lowest BCUT2D eigenvalue weighted by molar-refractivity contribution is 0.297. The van der Waals surface area contributed by atoms with Gasteiger partial charge in [0, 0.05) is 17.9 Å². The van der Waals surface area contributed by atoms with Gasteiger partial charge in [0.2, 0.25) is 10.0 Å². The Morgan fingerprint density at radius 1 is 0.939 bits per heavy atom. The number of aryl methyl sites for hydroxylation is 1. The molecule has 0 spiro atoms. The summed E-state index contributed by atoms with van der Waals surface area (Å²) in [4.78, 5) is 0.0157. The normalized spacial score (nSPS) is 14.7. The Balaban J connectivity index is 1.58. The summed E-state index contributed by atoms with van der Waals surface area (Å²) in [5.41, 5.74) is 1.80. The predicted molar refractivity (Wildman–Crippen MR) is 122 cm³/mol. The zero-order valence-corrected chi connectivity index (χ0v) is 18.7. The highest BCUT2D eigenvalue weighted by Crippen LogP contribution is 2.35. The van der Waals surface area contributed by atoms with Crippen molar-refractivity contribution in [1.82, 2.24) is 4.72 Å². The molecule has 1 unspecified atom stereocenters. The van der Waals surface area contributed by atoms with Crippen LogP contribution in [0.5, 0.6) is 11.5 Å². The Hall–Kier alpha value is -3.36. The van der Waals surface area contributed by atoms with Gasteiger partial charge >= 0.3 is 0 Å². The van der Waals surface area contributed by atoms with Gasteiger partial charge in [-0.1, -0.05) is 24.3 Å². The molecular formula is C25H22FNO5S. The van der Waals surface area contributed by atoms with Crippen LogP contribution in [-0.2, 0) is 10.0 Å². The first-order valence-corrected chi connectivity index (χ1v) is 12.1. The van der Waals surface area contributed by atoms with Gasteiger partial charge in [-0.3, -0.25) is 0 Å². The van der Waals surface area contributed by atoms with Crippen LogP contribution in [0.15, 0.2) is 76.0 Å². The minimum absolute atomic E-state index is 0.0157. The average Bonchev–Trinajstić information content (AvgIpc) is 3.09. The fourth-order valence-corrected chi connectivity index (χ4v) is 5.07. The number of sulfonamides is 1. The first-order chi connectivity index (χ1) is 15.9. The second kappa shape index (κ2) is 8.53. The molecule has 8 heteroatoms. The highest BCUT2D eigenvalue weighted by Gasteiger charge is 2.28. The number of benzene rings is 3. The summed E-state index contributed by atoms with van der Waals surface area (Å²) in [6, 6.07) is 17.0. The third kappa shape index (κ3) is 4.31. The third-order valence-electron chi connectivity index (χ3n) is 5.58. The summed E-state index contributed by atoms with van der Waals surface area (Å²) in [5.74, 6) is 0.771. The Morgan fingerprint density at radius 3 is 2.55 bits per heavy atom. The Labute approximate surface area is 191 Å². The summed E-state index contributed by atoms with van der Waals surface area (Å²) >= 11 is 0. The molecule has 3 aromatic carbocycles. The maximum absolute atomic E-state index is 14.2. The van der Waals surface area contributed by atoms with Crippen LogP contribution < -0.4 is 14.2 Å². The van der Waals surface area contributed by atoms with Gasteiger partial charge in [0.25, 0.3) is 0 Å². The van der Waals surface area contributed by atoms with Crippen molar-refractivity contribution in [3.8, 4) is 11.5 Å². The maximum atomic E-state index is 14.2. The van der Waals surface area contributed by atoms with Gasteiger partial charge in [-0.25, -0.2) is 12.8 Å². The van der Waals surface area contributed by atoms with Gasteiger partial charge in [-0.15, -0.1) is 0 Å². The minimum atomic E-state index is -4.04. The van der Waals surface area contributed by atoms with E-state index in [0.717, 1.165) is 10.9 Å².